The van der Waals surface area contributed by atoms with Crippen molar-refractivity contribution in [1.29, 1.82) is 5.26 Å². The van der Waals surface area contributed by atoms with Crippen molar-refractivity contribution in [2.45, 2.75) is 19.3 Å². The average Bonchev–Trinajstić information content (AvgIpc) is 2.15. The molecule has 1 aromatic rings. The second-order valence-electron chi connectivity index (χ2n) is 3.00. The summed E-state index contributed by atoms with van der Waals surface area (Å²) in [5.41, 5.74) is 0.917. The Morgan fingerprint density at radius 3 is 2.54 bits per heavy atom. The Balaban J connectivity index is 2.80. The SMILES string of the molecule is CC(=O)C[C@@H](C#N)c1ccccc1. The van der Waals surface area contributed by atoms with Crippen LogP contribution in [0.3, 0.4) is 0 Å². The van der Waals surface area contributed by atoms with E-state index in [9.17, 15) is 4.79 Å². The third-order valence-corrected chi connectivity index (χ3v) is 1.85. The lowest BCUT2D eigenvalue weighted by molar-refractivity contribution is -0.117. The lowest BCUT2D eigenvalue weighted by Crippen LogP contribution is -2.01. The number of ketones is 1. The van der Waals surface area contributed by atoms with Crippen molar-refractivity contribution in [2.24, 2.45) is 0 Å². The van der Waals surface area contributed by atoms with Crippen molar-refractivity contribution < 1.29 is 4.79 Å². The van der Waals surface area contributed by atoms with Crippen LogP contribution in [0.5, 0.6) is 0 Å². The molecule has 0 aliphatic heterocycles. The minimum atomic E-state index is -0.293. The molecule has 0 fully saturated rings. The first-order valence-corrected chi connectivity index (χ1v) is 4.18. The molecular weight excluding hydrogens is 162 g/mol. The van der Waals surface area contributed by atoms with E-state index < -0.39 is 0 Å². The number of hydrogen-bond acceptors (Lipinski definition) is 2. The number of carbonyl (C=O) groups excluding carboxylic acids is 1. The molecule has 0 saturated heterocycles. The topological polar surface area (TPSA) is 40.9 Å². The van der Waals surface area contributed by atoms with E-state index in [4.69, 9.17) is 5.26 Å². The van der Waals surface area contributed by atoms with Gasteiger partial charge in [-0.1, -0.05) is 30.3 Å². The summed E-state index contributed by atoms with van der Waals surface area (Å²) in [5.74, 6) is -0.242. The zero-order valence-corrected chi connectivity index (χ0v) is 7.53. The summed E-state index contributed by atoms with van der Waals surface area (Å²) in [5, 5.41) is 8.83. The third-order valence-electron chi connectivity index (χ3n) is 1.85. The van der Waals surface area contributed by atoms with E-state index in [1.54, 1.807) is 0 Å². The molecule has 0 saturated carbocycles. The highest BCUT2D eigenvalue weighted by Gasteiger charge is 2.11. The Kier molecular flexibility index (Phi) is 3.22. The van der Waals surface area contributed by atoms with Crippen LogP contribution < -0.4 is 0 Å². The Bertz CT molecular complexity index is 324. The lowest BCUT2D eigenvalue weighted by atomic mass is 9.96. The first kappa shape index (κ1) is 9.47. The van der Waals surface area contributed by atoms with Crippen LogP contribution in [-0.2, 0) is 4.79 Å². The standard InChI is InChI=1S/C11H11NO/c1-9(13)7-11(8-12)10-5-3-2-4-6-10/h2-6,11H,7H2,1H3/t11-/m0/s1. The van der Waals surface area contributed by atoms with Crippen LogP contribution in [-0.4, -0.2) is 5.78 Å². The molecule has 1 rings (SSSR count). The van der Waals surface area contributed by atoms with Gasteiger partial charge >= 0.3 is 0 Å². The molecule has 0 heterocycles. The van der Waals surface area contributed by atoms with Crippen LogP contribution in [0.2, 0.25) is 0 Å². The summed E-state index contributed by atoms with van der Waals surface area (Å²) in [6.07, 6.45) is 0.306. The predicted octanol–water partition coefficient (Wildman–Crippen LogP) is 2.27. The maximum absolute atomic E-state index is 10.8. The minimum absolute atomic E-state index is 0.0513. The van der Waals surface area contributed by atoms with Gasteiger partial charge in [0, 0.05) is 6.42 Å². The molecule has 1 atom stereocenters. The molecule has 1 aromatic carbocycles. The molecule has 0 aliphatic carbocycles. The fourth-order valence-corrected chi connectivity index (χ4v) is 1.21. The normalized spacial score (nSPS) is 11.7. The smallest absolute Gasteiger partial charge is 0.131 e. The zero-order valence-electron chi connectivity index (χ0n) is 7.53. The molecule has 0 N–H and O–H groups in total. The van der Waals surface area contributed by atoms with Crippen LogP contribution in [0.25, 0.3) is 0 Å². The van der Waals surface area contributed by atoms with Gasteiger partial charge in [-0.3, -0.25) is 4.79 Å². The van der Waals surface area contributed by atoms with E-state index in [2.05, 4.69) is 6.07 Å². The van der Waals surface area contributed by atoms with Gasteiger partial charge in [-0.05, 0) is 12.5 Å². The van der Waals surface area contributed by atoms with Crippen LogP contribution in [0.1, 0.15) is 24.8 Å². The third kappa shape index (κ3) is 2.72. The van der Waals surface area contributed by atoms with Crippen LogP contribution >= 0.6 is 0 Å². The highest BCUT2D eigenvalue weighted by atomic mass is 16.1. The molecule has 2 nitrogen and oxygen atoms in total. The van der Waals surface area contributed by atoms with Gasteiger partial charge in [0.15, 0.2) is 0 Å². The van der Waals surface area contributed by atoms with Crippen LogP contribution in [0.4, 0.5) is 0 Å². The number of nitrogens with zero attached hydrogens (tertiary/aromatic N) is 1. The number of nitriles is 1. The molecule has 0 amide bonds. The average molecular weight is 173 g/mol. The highest BCUT2D eigenvalue weighted by Crippen LogP contribution is 2.18. The summed E-state index contributed by atoms with van der Waals surface area (Å²) >= 11 is 0. The largest absolute Gasteiger partial charge is 0.300 e. The van der Waals surface area contributed by atoms with Crippen molar-refractivity contribution in [3.05, 3.63) is 35.9 Å². The van der Waals surface area contributed by atoms with Gasteiger partial charge in [0.25, 0.3) is 0 Å². The number of Topliss-reactive ketones (excluding diaryl/α,β-unsaturated/α-hetero) is 1. The molecule has 0 spiro atoms. The summed E-state index contributed by atoms with van der Waals surface area (Å²) < 4.78 is 0. The molecule has 2 heteroatoms. The monoisotopic (exact) mass is 173 g/mol. The Morgan fingerprint density at radius 2 is 2.08 bits per heavy atom. The predicted molar refractivity (Wildman–Crippen MR) is 50.1 cm³/mol. The fourth-order valence-electron chi connectivity index (χ4n) is 1.21. The molecule has 0 aliphatic rings. The van der Waals surface area contributed by atoms with Crippen molar-refractivity contribution in [3.8, 4) is 6.07 Å². The quantitative estimate of drug-likeness (QED) is 0.703. The Morgan fingerprint density at radius 1 is 1.46 bits per heavy atom. The van der Waals surface area contributed by atoms with Gasteiger partial charge < -0.3 is 0 Å². The maximum Gasteiger partial charge on any atom is 0.131 e. The van der Waals surface area contributed by atoms with Gasteiger partial charge in [0.2, 0.25) is 0 Å². The summed E-state index contributed by atoms with van der Waals surface area (Å²) in [7, 11) is 0. The van der Waals surface area contributed by atoms with E-state index in [1.165, 1.54) is 6.92 Å². The number of hydrogen-bond donors (Lipinski definition) is 0. The van der Waals surface area contributed by atoms with Gasteiger partial charge in [0.1, 0.15) is 5.78 Å². The first-order chi connectivity index (χ1) is 6.24. The van der Waals surface area contributed by atoms with Crippen molar-refractivity contribution in [3.63, 3.8) is 0 Å². The second-order valence-corrected chi connectivity index (χ2v) is 3.00. The Hall–Kier alpha value is -1.62. The van der Waals surface area contributed by atoms with Crippen LogP contribution in [0.15, 0.2) is 30.3 Å². The van der Waals surface area contributed by atoms with Crippen molar-refractivity contribution in [2.75, 3.05) is 0 Å². The minimum Gasteiger partial charge on any atom is -0.300 e. The summed E-state index contributed by atoms with van der Waals surface area (Å²) in [6, 6.07) is 11.5. The van der Waals surface area contributed by atoms with E-state index in [0.29, 0.717) is 6.42 Å². The zero-order chi connectivity index (χ0) is 9.68. The van der Waals surface area contributed by atoms with Gasteiger partial charge in [0.05, 0.1) is 12.0 Å². The Labute approximate surface area is 77.8 Å². The summed E-state index contributed by atoms with van der Waals surface area (Å²) in [4.78, 5) is 10.8. The van der Waals surface area contributed by atoms with E-state index in [1.807, 2.05) is 30.3 Å². The van der Waals surface area contributed by atoms with Crippen LogP contribution in [0, 0.1) is 11.3 Å². The van der Waals surface area contributed by atoms with E-state index >= 15 is 0 Å². The molecule has 0 bridgehead atoms. The number of benzene rings is 1. The first-order valence-electron chi connectivity index (χ1n) is 4.18. The second kappa shape index (κ2) is 4.42. The maximum atomic E-state index is 10.8. The molecule has 66 valence electrons. The van der Waals surface area contributed by atoms with Gasteiger partial charge in [-0.2, -0.15) is 5.26 Å². The summed E-state index contributed by atoms with van der Waals surface area (Å²) in [6.45, 7) is 1.51. The van der Waals surface area contributed by atoms with Gasteiger partial charge in [-0.15, -0.1) is 0 Å². The lowest BCUT2D eigenvalue weighted by Gasteiger charge is -2.05. The fraction of sp³-hybridized carbons (Fsp3) is 0.273. The number of rotatable bonds is 3. The van der Waals surface area contributed by atoms with Gasteiger partial charge in [-0.25, -0.2) is 0 Å². The number of carbonyl (C=O) groups is 1. The van der Waals surface area contributed by atoms with E-state index in [-0.39, 0.29) is 11.7 Å². The molecule has 0 aromatic heterocycles. The van der Waals surface area contributed by atoms with Crippen molar-refractivity contribution >= 4 is 5.78 Å². The highest BCUT2D eigenvalue weighted by molar-refractivity contribution is 5.76. The molecule has 0 unspecified atom stereocenters. The van der Waals surface area contributed by atoms with Crippen molar-refractivity contribution in [1.82, 2.24) is 0 Å². The molecule has 0 radical (unpaired) electrons. The molecule has 13 heavy (non-hydrogen) atoms. The molecular formula is C11H11NO. The van der Waals surface area contributed by atoms with E-state index in [0.717, 1.165) is 5.56 Å².